The SMILES string of the molecule is CCCC(=O)CCC(=O)O. The molecule has 0 spiro atoms. The van der Waals surface area contributed by atoms with Crippen molar-refractivity contribution in [2.45, 2.75) is 32.6 Å². The first-order valence-electron chi connectivity index (χ1n) is 3.40. The fraction of sp³-hybridized carbons (Fsp3) is 0.714. The van der Waals surface area contributed by atoms with Crippen LogP contribution in [-0.2, 0) is 9.59 Å². The van der Waals surface area contributed by atoms with Gasteiger partial charge in [0.1, 0.15) is 5.78 Å². The predicted molar refractivity (Wildman–Crippen MR) is 36.8 cm³/mol. The zero-order valence-corrected chi connectivity index (χ0v) is 6.09. The Hall–Kier alpha value is -0.860. The van der Waals surface area contributed by atoms with Gasteiger partial charge in [-0.2, -0.15) is 0 Å². The molecule has 0 bridgehead atoms. The molecule has 1 N–H and O–H groups in total. The van der Waals surface area contributed by atoms with Crippen molar-refractivity contribution >= 4 is 11.8 Å². The molecule has 0 aromatic carbocycles. The van der Waals surface area contributed by atoms with E-state index in [9.17, 15) is 9.59 Å². The van der Waals surface area contributed by atoms with E-state index in [2.05, 4.69) is 0 Å². The first-order chi connectivity index (χ1) is 4.66. The lowest BCUT2D eigenvalue weighted by molar-refractivity contribution is -0.138. The summed E-state index contributed by atoms with van der Waals surface area (Å²) in [6.07, 6.45) is 1.47. The van der Waals surface area contributed by atoms with Crippen molar-refractivity contribution in [3.63, 3.8) is 0 Å². The van der Waals surface area contributed by atoms with Gasteiger partial charge in [-0.1, -0.05) is 6.92 Å². The number of hydrogen-bond acceptors (Lipinski definition) is 2. The molecule has 3 nitrogen and oxygen atoms in total. The monoisotopic (exact) mass is 144 g/mol. The van der Waals surface area contributed by atoms with Crippen LogP contribution >= 0.6 is 0 Å². The van der Waals surface area contributed by atoms with E-state index < -0.39 is 5.97 Å². The van der Waals surface area contributed by atoms with Crippen molar-refractivity contribution in [3.8, 4) is 0 Å². The van der Waals surface area contributed by atoms with E-state index in [1.54, 1.807) is 0 Å². The van der Waals surface area contributed by atoms with Crippen molar-refractivity contribution in [2.75, 3.05) is 0 Å². The zero-order valence-electron chi connectivity index (χ0n) is 6.09. The Morgan fingerprint density at radius 1 is 1.20 bits per heavy atom. The average molecular weight is 144 g/mol. The van der Waals surface area contributed by atoms with Gasteiger partial charge in [0.25, 0.3) is 0 Å². The molecule has 0 rings (SSSR count). The summed E-state index contributed by atoms with van der Waals surface area (Å²) in [5.41, 5.74) is 0. The standard InChI is InChI=1S/C7H12O3/c1-2-3-6(8)4-5-7(9)10/h2-5H2,1H3,(H,9,10). The molecule has 0 saturated heterocycles. The van der Waals surface area contributed by atoms with Crippen LogP contribution in [0.5, 0.6) is 0 Å². The van der Waals surface area contributed by atoms with Gasteiger partial charge in [0.2, 0.25) is 0 Å². The van der Waals surface area contributed by atoms with Crippen LogP contribution in [0.25, 0.3) is 0 Å². The molecule has 0 heterocycles. The van der Waals surface area contributed by atoms with Crippen LogP contribution in [0.2, 0.25) is 0 Å². The van der Waals surface area contributed by atoms with E-state index >= 15 is 0 Å². The van der Waals surface area contributed by atoms with Crippen LogP contribution in [0, 0.1) is 0 Å². The topological polar surface area (TPSA) is 54.4 Å². The second-order valence-electron chi connectivity index (χ2n) is 2.18. The van der Waals surface area contributed by atoms with Crippen LogP contribution in [0.4, 0.5) is 0 Å². The van der Waals surface area contributed by atoms with E-state index in [0.717, 1.165) is 6.42 Å². The van der Waals surface area contributed by atoms with Crippen LogP contribution in [0.15, 0.2) is 0 Å². The highest BCUT2D eigenvalue weighted by Gasteiger charge is 2.02. The number of carbonyl (C=O) groups is 2. The van der Waals surface area contributed by atoms with Crippen LogP contribution in [-0.4, -0.2) is 16.9 Å². The highest BCUT2D eigenvalue weighted by Crippen LogP contribution is 1.97. The second-order valence-corrected chi connectivity index (χ2v) is 2.18. The van der Waals surface area contributed by atoms with Crippen molar-refractivity contribution in [3.05, 3.63) is 0 Å². The van der Waals surface area contributed by atoms with Gasteiger partial charge in [-0.25, -0.2) is 0 Å². The van der Waals surface area contributed by atoms with Gasteiger partial charge in [0.15, 0.2) is 0 Å². The van der Waals surface area contributed by atoms with Crippen molar-refractivity contribution < 1.29 is 14.7 Å². The van der Waals surface area contributed by atoms with Crippen molar-refractivity contribution in [2.24, 2.45) is 0 Å². The summed E-state index contributed by atoms with van der Waals surface area (Å²) in [6, 6.07) is 0. The normalized spacial score (nSPS) is 9.30. The average Bonchev–Trinajstić information content (AvgIpc) is 1.85. The van der Waals surface area contributed by atoms with Crippen LogP contribution < -0.4 is 0 Å². The minimum absolute atomic E-state index is 0.0289. The summed E-state index contributed by atoms with van der Waals surface area (Å²) in [6.45, 7) is 1.90. The van der Waals surface area contributed by atoms with Crippen LogP contribution in [0.1, 0.15) is 32.6 Å². The summed E-state index contributed by atoms with van der Waals surface area (Å²) >= 11 is 0. The Labute approximate surface area is 60.0 Å². The molecule has 3 heteroatoms. The third-order valence-electron chi connectivity index (χ3n) is 1.15. The summed E-state index contributed by atoms with van der Waals surface area (Å²) in [4.78, 5) is 20.6. The number of ketones is 1. The maximum atomic E-state index is 10.7. The molecule has 0 atom stereocenters. The molecule has 0 radical (unpaired) electrons. The largest absolute Gasteiger partial charge is 0.481 e. The van der Waals surface area contributed by atoms with Gasteiger partial charge in [0.05, 0.1) is 6.42 Å². The van der Waals surface area contributed by atoms with E-state index in [1.807, 2.05) is 6.92 Å². The molecule has 0 aromatic rings. The molecule has 0 aliphatic heterocycles. The molecule has 0 aliphatic carbocycles. The van der Waals surface area contributed by atoms with Gasteiger partial charge in [-0.05, 0) is 6.42 Å². The highest BCUT2D eigenvalue weighted by atomic mass is 16.4. The summed E-state index contributed by atoms with van der Waals surface area (Å²) < 4.78 is 0. The lowest BCUT2D eigenvalue weighted by Gasteiger charge is -1.93. The number of aliphatic carboxylic acids is 1. The molecule has 0 aromatic heterocycles. The maximum absolute atomic E-state index is 10.7. The molecule has 58 valence electrons. The first kappa shape index (κ1) is 9.14. The lowest BCUT2D eigenvalue weighted by Crippen LogP contribution is -2.02. The minimum atomic E-state index is -0.899. The number of rotatable bonds is 5. The molecule has 0 amide bonds. The Morgan fingerprint density at radius 2 is 1.80 bits per heavy atom. The number of carbonyl (C=O) groups excluding carboxylic acids is 1. The molecule has 0 fully saturated rings. The number of hydrogen-bond donors (Lipinski definition) is 1. The first-order valence-corrected chi connectivity index (χ1v) is 3.40. The molecule has 10 heavy (non-hydrogen) atoms. The fourth-order valence-corrected chi connectivity index (χ4v) is 0.650. The highest BCUT2D eigenvalue weighted by molar-refractivity contribution is 5.82. The summed E-state index contributed by atoms with van der Waals surface area (Å²) in [5.74, 6) is -0.852. The van der Waals surface area contributed by atoms with Gasteiger partial charge in [-0.15, -0.1) is 0 Å². The summed E-state index contributed by atoms with van der Waals surface area (Å²) in [7, 11) is 0. The Balaban J connectivity index is 3.30. The van der Waals surface area contributed by atoms with Crippen molar-refractivity contribution in [1.29, 1.82) is 0 Å². The van der Waals surface area contributed by atoms with E-state index in [4.69, 9.17) is 5.11 Å². The minimum Gasteiger partial charge on any atom is -0.481 e. The molecular formula is C7H12O3. The van der Waals surface area contributed by atoms with Crippen LogP contribution in [0.3, 0.4) is 0 Å². The number of carboxylic acids is 1. The quantitative estimate of drug-likeness (QED) is 0.631. The zero-order chi connectivity index (χ0) is 7.98. The maximum Gasteiger partial charge on any atom is 0.303 e. The van der Waals surface area contributed by atoms with Gasteiger partial charge >= 0.3 is 5.97 Å². The van der Waals surface area contributed by atoms with Crippen molar-refractivity contribution in [1.82, 2.24) is 0 Å². The van der Waals surface area contributed by atoms with Gasteiger partial charge < -0.3 is 5.11 Å². The number of Topliss-reactive ketones (excluding diaryl/α,β-unsaturated/α-hetero) is 1. The third kappa shape index (κ3) is 5.28. The predicted octanol–water partition coefficient (Wildman–Crippen LogP) is 1.22. The molecular weight excluding hydrogens is 132 g/mol. The second kappa shape index (κ2) is 4.97. The summed E-state index contributed by atoms with van der Waals surface area (Å²) in [5, 5.41) is 8.18. The molecule has 0 aliphatic rings. The van der Waals surface area contributed by atoms with Gasteiger partial charge in [-0.3, -0.25) is 9.59 Å². The smallest absolute Gasteiger partial charge is 0.303 e. The van der Waals surface area contributed by atoms with E-state index in [0.29, 0.717) is 6.42 Å². The van der Waals surface area contributed by atoms with E-state index in [1.165, 1.54) is 0 Å². The van der Waals surface area contributed by atoms with E-state index in [-0.39, 0.29) is 18.6 Å². The van der Waals surface area contributed by atoms with Gasteiger partial charge in [0, 0.05) is 12.8 Å². The molecule has 0 saturated carbocycles. The Morgan fingerprint density at radius 3 is 2.20 bits per heavy atom. The third-order valence-corrected chi connectivity index (χ3v) is 1.15. The lowest BCUT2D eigenvalue weighted by atomic mass is 10.1. The Kier molecular flexibility index (Phi) is 4.54. The molecule has 0 unspecified atom stereocenters. The Bertz CT molecular complexity index is 129. The number of carboxylic acid groups (broad SMARTS) is 1. The fourth-order valence-electron chi connectivity index (χ4n) is 0.650.